The van der Waals surface area contributed by atoms with Gasteiger partial charge in [0.1, 0.15) is 5.69 Å². The number of rotatable bonds is 2. The molecule has 0 aliphatic carbocycles. The van der Waals surface area contributed by atoms with Crippen LogP contribution in [0.2, 0.25) is 0 Å². The van der Waals surface area contributed by atoms with Crippen molar-refractivity contribution in [1.29, 1.82) is 0 Å². The molecule has 0 fully saturated rings. The van der Waals surface area contributed by atoms with E-state index in [2.05, 4.69) is 10.3 Å². The zero-order chi connectivity index (χ0) is 16.0. The molecule has 6 heteroatoms. The van der Waals surface area contributed by atoms with Gasteiger partial charge in [0.15, 0.2) is 9.84 Å². The number of fused-ring (bicyclic) bond motifs is 2. The fraction of sp³-hybridized carbons (Fsp3) is 0.118. The monoisotopic (exact) mass is 326 g/mol. The standard InChI is InChI=1S/C17H14N2O3S/c20-17(14-9-11-5-1-3-7-13(11)18-14)19-15-10-23(21,22)16-8-4-2-6-12(15)16/h1-9,15,18H,10H2,(H,19,20)/t15-/m1/s1. The third-order valence-electron chi connectivity index (χ3n) is 4.10. The summed E-state index contributed by atoms with van der Waals surface area (Å²) in [6.45, 7) is 0. The molecule has 2 aromatic carbocycles. The first-order valence-corrected chi connectivity index (χ1v) is 8.90. The predicted octanol–water partition coefficient (Wildman–Crippen LogP) is 2.43. The summed E-state index contributed by atoms with van der Waals surface area (Å²) in [5.74, 6) is -0.406. The van der Waals surface area contributed by atoms with Crippen LogP contribution in [0, 0.1) is 0 Å². The maximum Gasteiger partial charge on any atom is 0.268 e. The summed E-state index contributed by atoms with van der Waals surface area (Å²) >= 11 is 0. The van der Waals surface area contributed by atoms with Gasteiger partial charge in [0.25, 0.3) is 5.91 Å². The lowest BCUT2D eigenvalue weighted by atomic mass is 10.1. The number of para-hydroxylation sites is 1. The summed E-state index contributed by atoms with van der Waals surface area (Å²) in [7, 11) is -3.33. The number of benzene rings is 2. The van der Waals surface area contributed by atoms with Gasteiger partial charge in [-0.3, -0.25) is 4.79 Å². The highest BCUT2D eigenvalue weighted by Gasteiger charge is 2.35. The second kappa shape index (κ2) is 4.96. The van der Waals surface area contributed by atoms with Gasteiger partial charge in [0.05, 0.1) is 16.7 Å². The van der Waals surface area contributed by atoms with Gasteiger partial charge in [-0.2, -0.15) is 0 Å². The first-order chi connectivity index (χ1) is 11.0. The second-order valence-corrected chi connectivity index (χ2v) is 7.62. The first kappa shape index (κ1) is 14.0. The van der Waals surface area contributed by atoms with Crippen molar-refractivity contribution in [2.75, 3.05) is 5.75 Å². The molecule has 0 saturated heterocycles. The fourth-order valence-electron chi connectivity index (χ4n) is 3.00. The van der Waals surface area contributed by atoms with Crippen molar-refractivity contribution >= 4 is 26.6 Å². The Kier molecular flexibility index (Phi) is 3.02. The van der Waals surface area contributed by atoms with Crippen molar-refractivity contribution in [2.45, 2.75) is 10.9 Å². The van der Waals surface area contributed by atoms with Crippen LogP contribution in [0.5, 0.6) is 0 Å². The SMILES string of the molecule is O=C(N[C@@H]1CS(=O)(=O)c2ccccc21)c1cc2ccccc2[nH]1. The lowest BCUT2D eigenvalue weighted by Crippen LogP contribution is -2.29. The zero-order valence-electron chi connectivity index (χ0n) is 12.1. The van der Waals surface area contributed by atoms with E-state index in [1.54, 1.807) is 30.3 Å². The molecule has 1 aliphatic rings. The maximum absolute atomic E-state index is 12.5. The van der Waals surface area contributed by atoms with E-state index in [1.807, 2.05) is 24.3 Å². The van der Waals surface area contributed by atoms with Crippen LogP contribution < -0.4 is 5.32 Å². The second-order valence-electron chi connectivity index (χ2n) is 5.62. The van der Waals surface area contributed by atoms with Crippen molar-refractivity contribution in [2.24, 2.45) is 0 Å². The van der Waals surface area contributed by atoms with Crippen molar-refractivity contribution in [3.05, 3.63) is 65.9 Å². The molecule has 1 atom stereocenters. The van der Waals surface area contributed by atoms with E-state index in [4.69, 9.17) is 0 Å². The number of H-pyrrole nitrogens is 1. The van der Waals surface area contributed by atoms with Crippen LogP contribution in [0.4, 0.5) is 0 Å². The van der Waals surface area contributed by atoms with Gasteiger partial charge in [0, 0.05) is 10.9 Å². The van der Waals surface area contributed by atoms with E-state index in [-0.39, 0.29) is 11.7 Å². The summed E-state index contributed by atoms with van der Waals surface area (Å²) in [6.07, 6.45) is 0. The summed E-state index contributed by atoms with van der Waals surface area (Å²) in [6, 6.07) is 15.6. The van der Waals surface area contributed by atoms with Gasteiger partial charge in [-0.15, -0.1) is 0 Å². The Labute approximate surface area is 133 Å². The first-order valence-electron chi connectivity index (χ1n) is 7.25. The van der Waals surface area contributed by atoms with Gasteiger partial charge in [-0.1, -0.05) is 36.4 Å². The predicted molar refractivity (Wildman–Crippen MR) is 87.0 cm³/mol. The lowest BCUT2D eigenvalue weighted by molar-refractivity contribution is 0.0936. The number of sulfone groups is 1. The molecule has 0 radical (unpaired) electrons. The van der Waals surface area contributed by atoms with Crippen molar-refractivity contribution in [1.82, 2.24) is 10.3 Å². The quantitative estimate of drug-likeness (QED) is 0.759. The Morgan fingerprint density at radius 1 is 1.09 bits per heavy atom. The largest absolute Gasteiger partial charge is 0.351 e. The number of aromatic nitrogens is 1. The van der Waals surface area contributed by atoms with Crippen molar-refractivity contribution in [3.63, 3.8) is 0 Å². The van der Waals surface area contributed by atoms with E-state index in [0.29, 0.717) is 16.2 Å². The molecular formula is C17H14N2O3S. The number of amides is 1. The van der Waals surface area contributed by atoms with Crippen LogP contribution in [-0.2, 0) is 9.84 Å². The van der Waals surface area contributed by atoms with Gasteiger partial charge in [-0.05, 0) is 23.8 Å². The Balaban J connectivity index is 1.65. The molecule has 2 N–H and O–H groups in total. The van der Waals surface area contributed by atoms with Crippen LogP contribution in [0.3, 0.4) is 0 Å². The van der Waals surface area contributed by atoms with E-state index < -0.39 is 15.9 Å². The summed E-state index contributed by atoms with van der Waals surface area (Å²) in [5, 5.41) is 3.76. The minimum Gasteiger partial charge on any atom is -0.351 e. The van der Waals surface area contributed by atoms with E-state index in [9.17, 15) is 13.2 Å². The number of hydrogen-bond acceptors (Lipinski definition) is 3. The van der Waals surface area contributed by atoms with Crippen LogP contribution in [0.25, 0.3) is 10.9 Å². The number of aromatic amines is 1. The highest BCUT2D eigenvalue weighted by atomic mass is 32.2. The topological polar surface area (TPSA) is 79.0 Å². The fourth-order valence-corrected chi connectivity index (χ4v) is 4.74. The molecular weight excluding hydrogens is 312 g/mol. The van der Waals surface area contributed by atoms with Crippen LogP contribution in [-0.4, -0.2) is 25.1 Å². The minimum atomic E-state index is -3.33. The van der Waals surface area contributed by atoms with E-state index in [1.165, 1.54) is 0 Å². The number of carbonyl (C=O) groups excluding carboxylic acids is 1. The normalized spacial score (nSPS) is 18.7. The smallest absolute Gasteiger partial charge is 0.268 e. The van der Waals surface area contributed by atoms with Crippen molar-refractivity contribution < 1.29 is 13.2 Å². The molecule has 116 valence electrons. The van der Waals surface area contributed by atoms with Crippen molar-refractivity contribution in [3.8, 4) is 0 Å². The number of hydrogen-bond donors (Lipinski definition) is 2. The molecule has 0 spiro atoms. The van der Waals surface area contributed by atoms with Gasteiger partial charge in [0.2, 0.25) is 0 Å². The molecule has 2 heterocycles. The van der Waals surface area contributed by atoms with Gasteiger partial charge < -0.3 is 10.3 Å². The Morgan fingerprint density at radius 3 is 2.65 bits per heavy atom. The molecule has 0 saturated carbocycles. The average Bonchev–Trinajstić information content (AvgIpc) is 3.07. The van der Waals surface area contributed by atoms with Crippen LogP contribution in [0.1, 0.15) is 22.1 Å². The third-order valence-corrected chi connectivity index (χ3v) is 5.91. The molecule has 1 aromatic heterocycles. The average molecular weight is 326 g/mol. The number of nitrogens with one attached hydrogen (secondary N) is 2. The highest BCUT2D eigenvalue weighted by Crippen LogP contribution is 2.33. The Hall–Kier alpha value is -2.60. The van der Waals surface area contributed by atoms with Crippen LogP contribution in [0.15, 0.2) is 59.5 Å². The highest BCUT2D eigenvalue weighted by molar-refractivity contribution is 7.91. The van der Waals surface area contributed by atoms with Gasteiger partial charge >= 0.3 is 0 Å². The number of carbonyl (C=O) groups is 1. The molecule has 5 nitrogen and oxygen atoms in total. The summed E-state index contributed by atoms with van der Waals surface area (Å²) in [4.78, 5) is 15.8. The van der Waals surface area contributed by atoms with Gasteiger partial charge in [-0.25, -0.2) is 8.42 Å². The van der Waals surface area contributed by atoms with E-state index >= 15 is 0 Å². The molecule has 23 heavy (non-hydrogen) atoms. The molecule has 4 rings (SSSR count). The van der Waals surface area contributed by atoms with Crippen LogP contribution >= 0.6 is 0 Å². The Bertz CT molecular complexity index is 988. The van der Waals surface area contributed by atoms with E-state index in [0.717, 1.165) is 10.9 Å². The molecule has 0 unspecified atom stereocenters. The lowest BCUT2D eigenvalue weighted by Gasteiger charge is -2.11. The maximum atomic E-state index is 12.5. The summed E-state index contributed by atoms with van der Waals surface area (Å²) < 4.78 is 24.3. The zero-order valence-corrected chi connectivity index (χ0v) is 12.9. The molecule has 1 amide bonds. The molecule has 1 aliphatic heterocycles. The minimum absolute atomic E-state index is 0.0989. The molecule has 0 bridgehead atoms. The summed E-state index contributed by atoms with van der Waals surface area (Å²) in [5.41, 5.74) is 1.95. The molecule has 3 aromatic rings. The Morgan fingerprint density at radius 2 is 1.83 bits per heavy atom. The third kappa shape index (κ3) is 2.31.